The van der Waals surface area contributed by atoms with Crippen molar-refractivity contribution in [3.05, 3.63) is 0 Å². The van der Waals surface area contributed by atoms with Crippen LogP contribution in [0.5, 0.6) is 0 Å². The van der Waals surface area contributed by atoms with Gasteiger partial charge in [-0.2, -0.15) is 0 Å². The van der Waals surface area contributed by atoms with Gasteiger partial charge in [-0.1, -0.05) is 6.92 Å². The van der Waals surface area contributed by atoms with Crippen molar-refractivity contribution in [2.75, 3.05) is 13.1 Å². The predicted octanol–water partition coefficient (Wildman–Crippen LogP) is 3.27. The van der Waals surface area contributed by atoms with E-state index in [1.165, 1.54) is 25.8 Å². The first-order chi connectivity index (χ1) is 7.79. The van der Waals surface area contributed by atoms with E-state index >= 15 is 0 Å². The summed E-state index contributed by atoms with van der Waals surface area (Å²) in [7, 11) is 0. The van der Waals surface area contributed by atoms with Crippen LogP contribution in [0, 0.1) is 5.92 Å². The maximum atomic E-state index is 3.59. The Bertz CT molecular complexity index is 219. The average Bonchev–Trinajstić information content (AvgIpc) is 2.15. The summed E-state index contributed by atoms with van der Waals surface area (Å²) in [6.45, 7) is 16.3. The van der Waals surface area contributed by atoms with E-state index in [0.717, 1.165) is 18.5 Å². The Balaban J connectivity index is 2.30. The van der Waals surface area contributed by atoms with Crippen molar-refractivity contribution in [2.24, 2.45) is 5.92 Å². The molecule has 1 aliphatic rings. The Hall–Kier alpha value is -0.0800. The molecule has 1 heterocycles. The number of nitrogens with zero attached hydrogens (tertiary/aromatic N) is 1. The summed E-state index contributed by atoms with van der Waals surface area (Å²) in [5.74, 6) is 0.918. The van der Waals surface area contributed by atoms with Gasteiger partial charge in [-0.15, -0.1) is 0 Å². The highest BCUT2D eigenvalue weighted by atomic mass is 15.2. The fraction of sp³-hybridized carbons (Fsp3) is 1.00. The largest absolute Gasteiger partial charge is 0.312 e. The Morgan fingerprint density at radius 3 is 2.47 bits per heavy atom. The number of rotatable bonds is 4. The second kappa shape index (κ2) is 6.19. The van der Waals surface area contributed by atoms with Gasteiger partial charge >= 0.3 is 0 Å². The van der Waals surface area contributed by atoms with Crippen LogP contribution in [0.4, 0.5) is 0 Å². The second-order valence-electron chi connectivity index (χ2n) is 7.03. The molecular formula is C15H32N2. The standard InChI is InChI=1S/C15H32N2/c1-12-8-10-17(14(3)11-12)13(2)7-9-16-15(4,5)6/h12-14,16H,7-11H2,1-6H3. The van der Waals surface area contributed by atoms with Crippen LogP contribution in [0.3, 0.4) is 0 Å². The van der Waals surface area contributed by atoms with Crippen LogP contribution in [0.15, 0.2) is 0 Å². The van der Waals surface area contributed by atoms with E-state index in [9.17, 15) is 0 Å². The normalized spacial score (nSPS) is 29.3. The molecule has 1 aliphatic heterocycles. The molecule has 17 heavy (non-hydrogen) atoms. The molecule has 2 heteroatoms. The zero-order chi connectivity index (χ0) is 13.1. The summed E-state index contributed by atoms with van der Waals surface area (Å²) < 4.78 is 0. The lowest BCUT2D eigenvalue weighted by Crippen LogP contribution is -2.47. The van der Waals surface area contributed by atoms with Crippen molar-refractivity contribution >= 4 is 0 Å². The minimum atomic E-state index is 0.252. The smallest absolute Gasteiger partial charge is 0.00965 e. The fourth-order valence-corrected chi connectivity index (χ4v) is 2.90. The van der Waals surface area contributed by atoms with Crippen LogP contribution >= 0.6 is 0 Å². The van der Waals surface area contributed by atoms with Gasteiger partial charge in [0.2, 0.25) is 0 Å². The highest BCUT2D eigenvalue weighted by molar-refractivity contribution is 4.81. The first-order valence-electron chi connectivity index (χ1n) is 7.30. The summed E-state index contributed by atoms with van der Waals surface area (Å²) in [5, 5.41) is 3.59. The van der Waals surface area contributed by atoms with E-state index in [1.54, 1.807) is 0 Å². The molecule has 0 aromatic carbocycles. The van der Waals surface area contributed by atoms with Crippen LogP contribution in [0.25, 0.3) is 0 Å². The molecule has 1 rings (SSSR count). The molecule has 1 fully saturated rings. The summed E-state index contributed by atoms with van der Waals surface area (Å²) in [6.07, 6.45) is 4.01. The van der Waals surface area contributed by atoms with Crippen LogP contribution in [0.2, 0.25) is 0 Å². The van der Waals surface area contributed by atoms with Crippen molar-refractivity contribution in [1.29, 1.82) is 0 Å². The minimum Gasteiger partial charge on any atom is -0.312 e. The molecule has 2 nitrogen and oxygen atoms in total. The van der Waals surface area contributed by atoms with Gasteiger partial charge in [0.05, 0.1) is 0 Å². The third-order valence-corrected chi connectivity index (χ3v) is 3.97. The lowest BCUT2D eigenvalue weighted by atomic mass is 9.92. The third-order valence-electron chi connectivity index (χ3n) is 3.97. The van der Waals surface area contributed by atoms with Gasteiger partial charge in [0.25, 0.3) is 0 Å². The van der Waals surface area contributed by atoms with E-state index in [0.29, 0.717) is 6.04 Å². The number of nitrogens with one attached hydrogen (secondary N) is 1. The van der Waals surface area contributed by atoms with E-state index in [4.69, 9.17) is 0 Å². The Labute approximate surface area is 108 Å². The van der Waals surface area contributed by atoms with Crippen LogP contribution in [-0.2, 0) is 0 Å². The summed E-state index contributed by atoms with van der Waals surface area (Å²) >= 11 is 0. The van der Waals surface area contributed by atoms with Gasteiger partial charge in [0.1, 0.15) is 0 Å². The van der Waals surface area contributed by atoms with Gasteiger partial charge < -0.3 is 5.32 Å². The van der Waals surface area contributed by atoms with Gasteiger partial charge in [0, 0.05) is 17.6 Å². The molecule has 1 N–H and O–H groups in total. The van der Waals surface area contributed by atoms with Crippen molar-refractivity contribution in [3.63, 3.8) is 0 Å². The van der Waals surface area contributed by atoms with E-state index in [2.05, 4.69) is 51.8 Å². The molecule has 0 saturated carbocycles. The van der Waals surface area contributed by atoms with Gasteiger partial charge in [-0.05, 0) is 72.9 Å². The molecule has 3 atom stereocenters. The quantitative estimate of drug-likeness (QED) is 0.811. The SMILES string of the molecule is CC1CCN(C(C)CCNC(C)(C)C)C(C)C1. The van der Waals surface area contributed by atoms with Gasteiger partial charge in [-0.3, -0.25) is 4.90 Å². The molecule has 3 unspecified atom stereocenters. The first-order valence-corrected chi connectivity index (χ1v) is 7.30. The number of hydrogen-bond acceptors (Lipinski definition) is 2. The summed E-state index contributed by atoms with van der Waals surface area (Å²) in [5.41, 5.74) is 0.252. The van der Waals surface area contributed by atoms with Crippen LogP contribution < -0.4 is 5.32 Å². The molecule has 0 aromatic heterocycles. The van der Waals surface area contributed by atoms with E-state index < -0.39 is 0 Å². The lowest BCUT2D eigenvalue weighted by molar-refractivity contribution is 0.0846. The Morgan fingerprint density at radius 1 is 1.29 bits per heavy atom. The molecule has 0 radical (unpaired) electrons. The molecule has 0 aromatic rings. The topological polar surface area (TPSA) is 15.3 Å². The van der Waals surface area contributed by atoms with Gasteiger partial charge in [0.15, 0.2) is 0 Å². The summed E-state index contributed by atoms with van der Waals surface area (Å²) in [4.78, 5) is 2.70. The van der Waals surface area contributed by atoms with Gasteiger partial charge in [-0.25, -0.2) is 0 Å². The van der Waals surface area contributed by atoms with Crippen LogP contribution in [-0.4, -0.2) is 35.6 Å². The highest BCUT2D eigenvalue weighted by Gasteiger charge is 2.26. The van der Waals surface area contributed by atoms with Crippen LogP contribution in [0.1, 0.15) is 60.8 Å². The fourth-order valence-electron chi connectivity index (χ4n) is 2.90. The van der Waals surface area contributed by atoms with Crippen molar-refractivity contribution in [3.8, 4) is 0 Å². The van der Waals surface area contributed by atoms with E-state index in [1.807, 2.05) is 0 Å². The molecule has 1 saturated heterocycles. The van der Waals surface area contributed by atoms with Crippen molar-refractivity contribution in [2.45, 2.75) is 78.4 Å². The van der Waals surface area contributed by atoms with E-state index in [-0.39, 0.29) is 5.54 Å². The first kappa shape index (κ1) is 15.0. The Morgan fingerprint density at radius 2 is 1.94 bits per heavy atom. The molecule has 102 valence electrons. The number of likely N-dealkylation sites (tertiary alicyclic amines) is 1. The average molecular weight is 240 g/mol. The van der Waals surface area contributed by atoms with Crippen molar-refractivity contribution < 1.29 is 0 Å². The molecule has 0 aliphatic carbocycles. The molecular weight excluding hydrogens is 208 g/mol. The molecule has 0 spiro atoms. The Kier molecular flexibility index (Phi) is 5.46. The maximum Gasteiger partial charge on any atom is 0.00965 e. The number of hydrogen-bond donors (Lipinski definition) is 1. The minimum absolute atomic E-state index is 0.252. The lowest BCUT2D eigenvalue weighted by Gasteiger charge is -2.40. The number of piperidine rings is 1. The molecule has 0 bridgehead atoms. The van der Waals surface area contributed by atoms with Crippen molar-refractivity contribution in [1.82, 2.24) is 10.2 Å². The monoisotopic (exact) mass is 240 g/mol. The third kappa shape index (κ3) is 5.39. The highest BCUT2D eigenvalue weighted by Crippen LogP contribution is 2.24. The summed E-state index contributed by atoms with van der Waals surface area (Å²) in [6, 6.07) is 1.48. The maximum absolute atomic E-state index is 3.59. The molecule has 0 amide bonds. The predicted molar refractivity (Wildman–Crippen MR) is 76.4 cm³/mol. The second-order valence-corrected chi connectivity index (χ2v) is 7.03. The zero-order valence-corrected chi connectivity index (χ0v) is 12.7. The zero-order valence-electron chi connectivity index (χ0n) is 12.7.